The lowest BCUT2D eigenvalue weighted by Crippen LogP contribution is -2.46. The minimum atomic E-state index is -4.52. The van der Waals surface area contributed by atoms with Gasteiger partial charge in [-0.1, -0.05) is 30.0 Å². The van der Waals surface area contributed by atoms with E-state index in [0.29, 0.717) is 5.03 Å². The van der Waals surface area contributed by atoms with Crippen LogP contribution in [0.4, 0.5) is 30.4 Å². The Kier molecular flexibility index (Phi) is 7.64. The molecular weight excluding hydrogens is 479 g/mol. The van der Waals surface area contributed by atoms with Gasteiger partial charge in [0.2, 0.25) is 5.91 Å². The Bertz CT molecular complexity index is 1160. The van der Waals surface area contributed by atoms with Crippen LogP contribution in [0, 0.1) is 0 Å². The van der Waals surface area contributed by atoms with E-state index in [1.807, 2.05) is 24.3 Å². The molecule has 0 unspecified atom stereocenters. The lowest BCUT2D eigenvalue weighted by molar-refractivity contribution is -0.137. The third-order valence-corrected chi connectivity index (χ3v) is 6.43. The molecule has 1 saturated heterocycles. The lowest BCUT2D eigenvalue weighted by Gasteiger charge is -2.36. The number of ether oxygens (including phenoxy) is 1. The maximum Gasteiger partial charge on any atom is 0.416 e. The van der Waals surface area contributed by atoms with Crippen molar-refractivity contribution in [3.8, 4) is 5.75 Å². The van der Waals surface area contributed by atoms with E-state index in [4.69, 9.17) is 4.74 Å². The Morgan fingerprint density at radius 2 is 1.74 bits per heavy atom. The number of amides is 1. The normalized spacial score (nSPS) is 14.1. The maximum absolute atomic E-state index is 13.0. The van der Waals surface area contributed by atoms with E-state index in [1.54, 1.807) is 0 Å². The number of rotatable bonds is 7. The number of thioether (sulfide) groups is 1. The van der Waals surface area contributed by atoms with Crippen LogP contribution in [-0.4, -0.2) is 54.9 Å². The van der Waals surface area contributed by atoms with Crippen LogP contribution < -0.4 is 19.9 Å². The zero-order valence-corrected chi connectivity index (χ0v) is 19.8. The fourth-order valence-electron chi connectivity index (χ4n) is 3.72. The fourth-order valence-corrected chi connectivity index (χ4v) is 4.38. The van der Waals surface area contributed by atoms with Crippen molar-refractivity contribution in [3.63, 3.8) is 0 Å². The van der Waals surface area contributed by atoms with Gasteiger partial charge in [0.15, 0.2) is 0 Å². The molecule has 1 aliphatic heterocycles. The first-order valence-corrected chi connectivity index (χ1v) is 11.9. The molecule has 0 bridgehead atoms. The number of halogens is 3. The molecule has 0 atom stereocenters. The van der Waals surface area contributed by atoms with E-state index in [9.17, 15) is 18.0 Å². The molecule has 184 valence electrons. The van der Waals surface area contributed by atoms with Crippen molar-refractivity contribution in [2.45, 2.75) is 11.2 Å². The largest absolute Gasteiger partial charge is 0.495 e. The second-order valence-corrected chi connectivity index (χ2v) is 8.77. The molecule has 0 aliphatic carbocycles. The summed E-state index contributed by atoms with van der Waals surface area (Å²) < 4.78 is 44.2. The highest BCUT2D eigenvalue weighted by Gasteiger charge is 2.31. The zero-order valence-electron chi connectivity index (χ0n) is 19.0. The molecule has 3 aromatic rings. The van der Waals surface area contributed by atoms with Gasteiger partial charge >= 0.3 is 6.18 Å². The van der Waals surface area contributed by atoms with Crippen molar-refractivity contribution in [3.05, 3.63) is 66.5 Å². The van der Waals surface area contributed by atoms with Crippen LogP contribution in [0.5, 0.6) is 5.75 Å². The summed E-state index contributed by atoms with van der Waals surface area (Å²) >= 11 is 1.18. The van der Waals surface area contributed by atoms with E-state index in [-0.39, 0.29) is 17.2 Å². The Hall–Kier alpha value is -3.47. The first kappa shape index (κ1) is 24.6. The van der Waals surface area contributed by atoms with Crippen LogP contribution in [-0.2, 0) is 11.0 Å². The number of para-hydroxylation sites is 1. The Morgan fingerprint density at radius 1 is 1.03 bits per heavy atom. The van der Waals surface area contributed by atoms with Gasteiger partial charge in [0.1, 0.15) is 22.9 Å². The van der Waals surface area contributed by atoms with Gasteiger partial charge in [-0.25, -0.2) is 9.97 Å². The number of hydrogen-bond donors (Lipinski definition) is 1. The molecule has 2 heterocycles. The summed E-state index contributed by atoms with van der Waals surface area (Å²) in [6.07, 6.45) is -3.07. The monoisotopic (exact) mass is 503 g/mol. The van der Waals surface area contributed by atoms with Gasteiger partial charge in [-0.2, -0.15) is 13.2 Å². The number of nitrogens with zero attached hydrogens (tertiary/aromatic N) is 4. The predicted molar refractivity (Wildman–Crippen MR) is 130 cm³/mol. The van der Waals surface area contributed by atoms with E-state index in [1.165, 1.54) is 37.0 Å². The maximum atomic E-state index is 13.0. The third-order valence-electron chi connectivity index (χ3n) is 5.50. The van der Waals surface area contributed by atoms with E-state index in [2.05, 4.69) is 37.2 Å². The van der Waals surface area contributed by atoms with Crippen molar-refractivity contribution in [1.29, 1.82) is 0 Å². The summed E-state index contributed by atoms with van der Waals surface area (Å²) in [5.74, 6) is 0.423. The average Bonchev–Trinajstić information content (AvgIpc) is 2.88. The minimum absolute atomic E-state index is 0.0301. The number of alkyl halides is 3. The Morgan fingerprint density at radius 3 is 2.43 bits per heavy atom. The summed E-state index contributed by atoms with van der Waals surface area (Å²) in [6.45, 7) is 3.31. The standard InChI is InChI=1S/C24H24F3N5O2S/c1-34-20-8-7-17(24(25,26)27)13-19(20)30-22(33)15-35-23-14-21(28-16-29-23)32-11-9-31(10-12-32)18-5-3-2-4-6-18/h2-8,13-14,16H,9-12,15H2,1H3,(H,30,33). The van der Waals surface area contributed by atoms with Crippen LogP contribution >= 0.6 is 11.8 Å². The second kappa shape index (κ2) is 10.9. The molecule has 0 spiro atoms. The van der Waals surface area contributed by atoms with Crippen LogP contribution in [0.1, 0.15) is 5.56 Å². The van der Waals surface area contributed by atoms with Gasteiger partial charge in [0.25, 0.3) is 0 Å². The van der Waals surface area contributed by atoms with Crippen molar-refractivity contribution in [1.82, 2.24) is 9.97 Å². The Balaban J connectivity index is 1.34. The first-order valence-electron chi connectivity index (χ1n) is 10.9. The summed E-state index contributed by atoms with van der Waals surface area (Å²) in [5, 5.41) is 3.10. The molecule has 2 aromatic carbocycles. The SMILES string of the molecule is COc1ccc(C(F)(F)F)cc1NC(=O)CSc1cc(N2CCN(c3ccccc3)CC2)ncn1. The van der Waals surface area contributed by atoms with Crippen LogP contribution in [0.15, 0.2) is 66.0 Å². The molecule has 1 aliphatic rings. The van der Waals surface area contributed by atoms with Crippen molar-refractivity contribution >= 4 is 34.9 Å². The highest BCUT2D eigenvalue weighted by Crippen LogP contribution is 2.35. The van der Waals surface area contributed by atoms with Gasteiger partial charge in [0.05, 0.1) is 24.1 Å². The van der Waals surface area contributed by atoms with Gasteiger partial charge < -0.3 is 19.9 Å². The van der Waals surface area contributed by atoms with Crippen molar-refractivity contribution in [2.75, 3.05) is 54.2 Å². The number of carbonyl (C=O) groups is 1. The molecule has 7 nitrogen and oxygen atoms in total. The van der Waals surface area contributed by atoms with Crippen LogP contribution in [0.25, 0.3) is 0 Å². The number of carbonyl (C=O) groups excluding carboxylic acids is 1. The number of aromatic nitrogens is 2. The number of hydrogen-bond acceptors (Lipinski definition) is 7. The Labute approximate surface area is 205 Å². The number of piperazine rings is 1. The molecule has 1 fully saturated rings. The average molecular weight is 504 g/mol. The van der Waals surface area contributed by atoms with E-state index >= 15 is 0 Å². The molecule has 11 heteroatoms. The van der Waals surface area contributed by atoms with Crippen molar-refractivity contribution in [2.24, 2.45) is 0 Å². The lowest BCUT2D eigenvalue weighted by atomic mass is 10.2. The number of methoxy groups -OCH3 is 1. The van der Waals surface area contributed by atoms with E-state index in [0.717, 1.165) is 44.1 Å². The summed E-state index contributed by atoms with van der Waals surface area (Å²) in [4.78, 5) is 25.5. The molecule has 1 amide bonds. The predicted octanol–water partition coefficient (Wildman–Crippen LogP) is 4.56. The molecule has 0 saturated carbocycles. The highest BCUT2D eigenvalue weighted by atomic mass is 32.2. The molecule has 0 radical (unpaired) electrons. The number of benzene rings is 2. The second-order valence-electron chi connectivity index (χ2n) is 7.77. The molecular formula is C24H24F3N5O2S. The fraction of sp³-hybridized carbons (Fsp3) is 0.292. The van der Waals surface area contributed by atoms with Gasteiger partial charge in [-0.3, -0.25) is 4.79 Å². The van der Waals surface area contributed by atoms with Gasteiger partial charge in [-0.05, 0) is 30.3 Å². The molecule has 1 aromatic heterocycles. The zero-order chi connectivity index (χ0) is 24.8. The minimum Gasteiger partial charge on any atom is -0.495 e. The quantitative estimate of drug-likeness (QED) is 0.374. The number of nitrogens with one attached hydrogen (secondary N) is 1. The molecule has 1 N–H and O–H groups in total. The highest BCUT2D eigenvalue weighted by molar-refractivity contribution is 7.99. The molecule has 35 heavy (non-hydrogen) atoms. The molecule has 4 rings (SSSR count). The van der Waals surface area contributed by atoms with E-state index < -0.39 is 17.6 Å². The third kappa shape index (κ3) is 6.36. The number of anilines is 3. The van der Waals surface area contributed by atoms with Crippen LogP contribution in [0.3, 0.4) is 0 Å². The van der Waals surface area contributed by atoms with Gasteiger partial charge in [-0.15, -0.1) is 0 Å². The smallest absolute Gasteiger partial charge is 0.416 e. The topological polar surface area (TPSA) is 70.6 Å². The summed E-state index contributed by atoms with van der Waals surface area (Å²) in [5.41, 5.74) is 0.288. The van der Waals surface area contributed by atoms with Crippen molar-refractivity contribution < 1.29 is 22.7 Å². The first-order chi connectivity index (χ1) is 16.8. The van der Waals surface area contributed by atoms with Gasteiger partial charge in [0, 0.05) is 37.9 Å². The van der Waals surface area contributed by atoms with Crippen LogP contribution in [0.2, 0.25) is 0 Å². The summed E-state index contributed by atoms with van der Waals surface area (Å²) in [6, 6.07) is 15.0. The summed E-state index contributed by atoms with van der Waals surface area (Å²) in [7, 11) is 1.33.